The van der Waals surface area contributed by atoms with Crippen LogP contribution in [0.15, 0.2) is 65.7 Å². The first-order valence-electron chi connectivity index (χ1n) is 6.84. The molecule has 1 N–H and O–H groups in total. The van der Waals surface area contributed by atoms with E-state index in [2.05, 4.69) is 5.32 Å². The quantitative estimate of drug-likeness (QED) is 0.913. The second kappa shape index (κ2) is 5.05. The van der Waals surface area contributed by atoms with Crippen molar-refractivity contribution in [2.24, 2.45) is 4.99 Å². The van der Waals surface area contributed by atoms with Crippen LogP contribution in [0.3, 0.4) is 0 Å². The van der Waals surface area contributed by atoms with Gasteiger partial charge in [0, 0.05) is 14.1 Å². The van der Waals surface area contributed by atoms with Gasteiger partial charge in [0.15, 0.2) is 5.54 Å². The van der Waals surface area contributed by atoms with Crippen molar-refractivity contribution in [3.8, 4) is 0 Å². The predicted octanol–water partition coefficient (Wildman–Crippen LogP) is 1.98. The number of hydrogen-bond acceptors (Lipinski definition) is 3. The Bertz CT molecular complexity index is 638. The molecule has 1 aliphatic heterocycles. The van der Waals surface area contributed by atoms with Crippen LogP contribution in [0.25, 0.3) is 0 Å². The van der Waals surface area contributed by atoms with Gasteiger partial charge in [0.05, 0.1) is 0 Å². The maximum Gasteiger partial charge on any atom is 0.263 e. The van der Waals surface area contributed by atoms with Crippen molar-refractivity contribution in [1.29, 1.82) is 0 Å². The molecule has 0 bridgehead atoms. The molecule has 0 fully saturated rings. The van der Waals surface area contributed by atoms with Gasteiger partial charge in [-0.2, -0.15) is 0 Å². The Kier molecular flexibility index (Phi) is 3.22. The molecule has 21 heavy (non-hydrogen) atoms. The SMILES string of the molecule is CN(C)C1=NC(c2ccccc2)(c2ccccc2)C(=O)N1. The molecule has 4 nitrogen and oxygen atoms in total. The van der Waals surface area contributed by atoms with Gasteiger partial charge in [-0.3, -0.25) is 10.1 Å². The van der Waals surface area contributed by atoms with E-state index >= 15 is 0 Å². The molecule has 0 saturated heterocycles. The number of amides is 1. The van der Waals surface area contributed by atoms with Crippen molar-refractivity contribution in [3.63, 3.8) is 0 Å². The molecule has 2 aromatic rings. The van der Waals surface area contributed by atoms with Gasteiger partial charge in [0.2, 0.25) is 5.96 Å². The summed E-state index contributed by atoms with van der Waals surface area (Å²) in [5.74, 6) is 0.455. The Hall–Kier alpha value is -2.62. The molecule has 0 radical (unpaired) electrons. The van der Waals surface area contributed by atoms with E-state index in [0.717, 1.165) is 11.1 Å². The minimum Gasteiger partial charge on any atom is -0.349 e. The number of benzene rings is 2. The van der Waals surface area contributed by atoms with Crippen LogP contribution in [0.4, 0.5) is 0 Å². The van der Waals surface area contributed by atoms with E-state index < -0.39 is 5.54 Å². The fraction of sp³-hybridized carbons (Fsp3) is 0.176. The molecule has 3 rings (SSSR count). The van der Waals surface area contributed by atoms with Gasteiger partial charge < -0.3 is 4.90 Å². The third-order valence-corrected chi connectivity index (χ3v) is 3.63. The van der Waals surface area contributed by atoms with Crippen LogP contribution >= 0.6 is 0 Å². The van der Waals surface area contributed by atoms with Crippen molar-refractivity contribution >= 4 is 11.9 Å². The summed E-state index contributed by atoms with van der Waals surface area (Å²) in [4.78, 5) is 19.3. The number of aliphatic imine (C=N–C) groups is 1. The van der Waals surface area contributed by atoms with Gasteiger partial charge in [0.25, 0.3) is 5.91 Å². The van der Waals surface area contributed by atoms with E-state index in [4.69, 9.17) is 4.99 Å². The zero-order valence-electron chi connectivity index (χ0n) is 12.1. The molecule has 1 aliphatic rings. The average Bonchev–Trinajstić information content (AvgIpc) is 2.88. The van der Waals surface area contributed by atoms with E-state index in [1.165, 1.54) is 0 Å². The summed E-state index contributed by atoms with van der Waals surface area (Å²) >= 11 is 0. The van der Waals surface area contributed by atoms with Crippen molar-refractivity contribution in [1.82, 2.24) is 10.2 Å². The summed E-state index contributed by atoms with van der Waals surface area (Å²) in [6.45, 7) is 0. The smallest absolute Gasteiger partial charge is 0.263 e. The van der Waals surface area contributed by atoms with Crippen LogP contribution in [0.2, 0.25) is 0 Å². The number of hydrogen-bond donors (Lipinski definition) is 1. The first-order valence-corrected chi connectivity index (χ1v) is 6.84. The highest BCUT2D eigenvalue weighted by atomic mass is 16.2. The van der Waals surface area contributed by atoms with E-state index in [0.29, 0.717) is 5.96 Å². The molecule has 0 unspecified atom stereocenters. The zero-order chi connectivity index (χ0) is 14.9. The molecule has 1 amide bonds. The molecule has 0 aromatic heterocycles. The average molecular weight is 279 g/mol. The normalized spacial score (nSPS) is 16.3. The van der Waals surface area contributed by atoms with E-state index in [9.17, 15) is 4.79 Å². The summed E-state index contributed by atoms with van der Waals surface area (Å²) in [6.07, 6.45) is 0. The Morgan fingerprint density at radius 2 is 1.38 bits per heavy atom. The Morgan fingerprint density at radius 3 is 1.76 bits per heavy atom. The maximum atomic E-state index is 12.8. The van der Waals surface area contributed by atoms with Crippen molar-refractivity contribution in [3.05, 3.63) is 71.8 Å². The minimum atomic E-state index is -1.01. The second-order valence-electron chi connectivity index (χ2n) is 5.23. The van der Waals surface area contributed by atoms with Crippen LogP contribution in [0.1, 0.15) is 11.1 Å². The molecular weight excluding hydrogens is 262 g/mol. The Labute approximate surface area is 124 Å². The maximum absolute atomic E-state index is 12.8. The predicted molar refractivity (Wildman–Crippen MR) is 82.9 cm³/mol. The van der Waals surface area contributed by atoms with Crippen LogP contribution in [0, 0.1) is 0 Å². The van der Waals surface area contributed by atoms with Crippen LogP contribution in [0.5, 0.6) is 0 Å². The summed E-state index contributed by atoms with van der Waals surface area (Å²) in [6, 6.07) is 19.3. The highest BCUT2D eigenvalue weighted by molar-refractivity contribution is 6.09. The van der Waals surface area contributed by atoms with E-state index in [1.54, 1.807) is 0 Å². The number of carbonyl (C=O) groups excluding carboxylic acids is 1. The third kappa shape index (κ3) is 2.09. The largest absolute Gasteiger partial charge is 0.349 e. The topological polar surface area (TPSA) is 44.7 Å². The zero-order valence-corrected chi connectivity index (χ0v) is 12.1. The molecule has 0 aliphatic carbocycles. The third-order valence-electron chi connectivity index (χ3n) is 3.63. The van der Waals surface area contributed by atoms with E-state index in [-0.39, 0.29) is 5.91 Å². The molecule has 2 aromatic carbocycles. The van der Waals surface area contributed by atoms with Crippen molar-refractivity contribution in [2.45, 2.75) is 5.54 Å². The summed E-state index contributed by atoms with van der Waals surface area (Å²) < 4.78 is 0. The van der Waals surface area contributed by atoms with Crippen LogP contribution in [-0.2, 0) is 10.3 Å². The number of carbonyl (C=O) groups is 1. The first kappa shape index (κ1) is 13.4. The summed E-state index contributed by atoms with van der Waals surface area (Å²) in [5, 5.41) is 2.88. The van der Waals surface area contributed by atoms with Gasteiger partial charge in [-0.1, -0.05) is 60.7 Å². The molecule has 0 spiro atoms. The van der Waals surface area contributed by atoms with Crippen molar-refractivity contribution < 1.29 is 4.79 Å². The van der Waals surface area contributed by atoms with Gasteiger partial charge in [-0.15, -0.1) is 0 Å². The Balaban J connectivity index is 2.25. The number of nitrogens with zero attached hydrogens (tertiary/aromatic N) is 2. The van der Waals surface area contributed by atoms with Gasteiger partial charge >= 0.3 is 0 Å². The highest BCUT2D eigenvalue weighted by Crippen LogP contribution is 2.36. The van der Waals surface area contributed by atoms with Gasteiger partial charge in [-0.25, -0.2) is 4.99 Å². The highest BCUT2D eigenvalue weighted by Gasteiger charge is 2.47. The van der Waals surface area contributed by atoms with Gasteiger partial charge in [-0.05, 0) is 11.1 Å². The lowest BCUT2D eigenvalue weighted by Crippen LogP contribution is -2.40. The summed E-state index contributed by atoms with van der Waals surface area (Å²) in [7, 11) is 3.73. The molecule has 106 valence electrons. The molecule has 0 saturated carbocycles. The number of nitrogens with one attached hydrogen (secondary N) is 1. The second-order valence-corrected chi connectivity index (χ2v) is 5.23. The minimum absolute atomic E-state index is 0.122. The van der Waals surface area contributed by atoms with Crippen molar-refractivity contribution in [2.75, 3.05) is 14.1 Å². The van der Waals surface area contributed by atoms with Gasteiger partial charge in [0.1, 0.15) is 0 Å². The first-order chi connectivity index (χ1) is 10.1. The molecule has 0 atom stereocenters. The Morgan fingerprint density at radius 1 is 0.905 bits per heavy atom. The fourth-order valence-corrected chi connectivity index (χ4v) is 2.56. The lowest BCUT2D eigenvalue weighted by Gasteiger charge is -2.24. The lowest BCUT2D eigenvalue weighted by atomic mass is 9.83. The van der Waals surface area contributed by atoms with Crippen LogP contribution in [-0.4, -0.2) is 30.9 Å². The standard InChI is InChI=1S/C17H17N3O/c1-20(2)16-18-15(21)17(19-16,13-9-5-3-6-10-13)14-11-7-4-8-12-14/h3-12H,1-2H3,(H,18,19,21). The molecular formula is C17H17N3O. The number of rotatable bonds is 2. The monoisotopic (exact) mass is 279 g/mol. The fourth-order valence-electron chi connectivity index (χ4n) is 2.56. The summed E-state index contributed by atoms with van der Waals surface area (Å²) in [5.41, 5.74) is 0.721. The molecule has 4 heteroatoms. The molecule has 1 heterocycles. The van der Waals surface area contributed by atoms with Crippen LogP contribution < -0.4 is 5.32 Å². The number of guanidine groups is 1. The van der Waals surface area contributed by atoms with E-state index in [1.807, 2.05) is 79.7 Å². The lowest BCUT2D eigenvalue weighted by molar-refractivity contribution is -0.122.